The maximum atomic E-state index is 12.4. The van der Waals surface area contributed by atoms with Crippen molar-refractivity contribution < 1.29 is 9.53 Å². The van der Waals surface area contributed by atoms with Crippen molar-refractivity contribution in [1.29, 1.82) is 0 Å². The number of amides is 1. The molecule has 1 amide bonds. The Bertz CT molecular complexity index is 659. The highest BCUT2D eigenvalue weighted by molar-refractivity contribution is 5.74. The molecule has 4 heteroatoms. The number of rotatable bonds is 6. The highest BCUT2D eigenvalue weighted by atomic mass is 16.6. The molecule has 0 radical (unpaired) electrons. The van der Waals surface area contributed by atoms with Crippen LogP contribution in [0.4, 0.5) is 10.5 Å². The van der Waals surface area contributed by atoms with Crippen LogP contribution in [-0.4, -0.2) is 36.2 Å². The molecule has 0 saturated carbocycles. The summed E-state index contributed by atoms with van der Waals surface area (Å²) in [5.41, 5.74) is 6.03. The monoisotopic (exact) mass is 358 g/mol. The van der Waals surface area contributed by atoms with Gasteiger partial charge in [-0.3, -0.25) is 0 Å². The number of nitrogens with zero attached hydrogens (tertiary/aromatic N) is 1. The standard InChI is InChI=1S/C22H34N2O2/c1-7-16-15-17-11-10-13-23-20(17)18(8-2)19(16)12-14-24(9-3)21(25)26-22(4,5)6/h8,15,23H,2,7,9-14H2,1,3-6H3. The van der Waals surface area contributed by atoms with Gasteiger partial charge in [0.1, 0.15) is 5.60 Å². The van der Waals surface area contributed by atoms with Gasteiger partial charge in [-0.25, -0.2) is 4.79 Å². The lowest BCUT2D eigenvalue weighted by molar-refractivity contribution is 0.0262. The molecule has 1 aliphatic heterocycles. The van der Waals surface area contributed by atoms with Gasteiger partial charge in [0.2, 0.25) is 0 Å². The Balaban J connectivity index is 2.25. The van der Waals surface area contributed by atoms with E-state index in [-0.39, 0.29) is 6.09 Å². The first kappa shape index (κ1) is 20.3. The number of fused-ring (bicyclic) bond motifs is 1. The normalized spacial score (nSPS) is 13.6. The fraction of sp³-hybridized carbons (Fsp3) is 0.591. The predicted octanol–water partition coefficient (Wildman–Crippen LogP) is 5.05. The topological polar surface area (TPSA) is 41.6 Å². The minimum absolute atomic E-state index is 0.241. The van der Waals surface area contributed by atoms with Gasteiger partial charge in [0.25, 0.3) is 0 Å². The van der Waals surface area contributed by atoms with Crippen molar-refractivity contribution in [2.24, 2.45) is 0 Å². The lowest BCUT2D eigenvalue weighted by Crippen LogP contribution is -2.38. The number of benzene rings is 1. The molecule has 1 aromatic rings. The highest BCUT2D eigenvalue weighted by Gasteiger charge is 2.23. The molecule has 144 valence electrons. The molecule has 1 heterocycles. The molecule has 0 aromatic heterocycles. The van der Waals surface area contributed by atoms with Crippen LogP contribution in [0.1, 0.15) is 63.3 Å². The summed E-state index contributed by atoms with van der Waals surface area (Å²) < 4.78 is 5.54. The van der Waals surface area contributed by atoms with Crippen molar-refractivity contribution in [2.75, 3.05) is 25.0 Å². The van der Waals surface area contributed by atoms with E-state index in [2.05, 4.69) is 24.9 Å². The highest BCUT2D eigenvalue weighted by Crippen LogP contribution is 2.33. The second-order valence-corrected chi connectivity index (χ2v) is 7.86. The Labute approximate surface area is 158 Å². The molecule has 0 bridgehead atoms. The van der Waals surface area contributed by atoms with Crippen LogP contribution < -0.4 is 5.32 Å². The molecule has 0 saturated heterocycles. The van der Waals surface area contributed by atoms with E-state index in [9.17, 15) is 4.79 Å². The molecule has 26 heavy (non-hydrogen) atoms. The number of ether oxygens (including phenoxy) is 1. The summed E-state index contributed by atoms with van der Waals surface area (Å²) in [6.07, 6.45) is 5.82. The number of hydrogen-bond acceptors (Lipinski definition) is 3. The Morgan fingerprint density at radius 3 is 2.69 bits per heavy atom. The number of nitrogens with one attached hydrogen (secondary N) is 1. The molecule has 0 spiro atoms. The molecule has 0 aliphatic carbocycles. The fourth-order valence-corrected chi connectivity index (χ4v) is 3.55. The first-order chi connectivity index (χ1) is 12.3. The third-order valence-corrected chi connectivity index (χ3v) is 4.83. The Morgan fingerprint density at radius 2 is 2.12 bits per heavy atom. The van der Waals surface area contributed by atoms with Crippen LogP contribution in [0.25, 0.3) is 6.08 Å². The number of anilines is 1. The summed E-state index contributed by atoms with van der Waals surface area (Å²) in [5.74, 6) is 0. The van der Waals surface area contributed by atoms with Crippen LogP contribution in [0.2, 0.25) is 0 Å². The maximum Gasteiger partial charge on any atom is 0.410 e. The largest absolute Gasteiger partial charge is 0.444 e. The van der Waals surface area contributed by atoms with Gasteiger partial charge in [-0.2, -0.15) is 0 Å². The molecule has 1 aromatic carbocycles. The predicted molar refractivity (Wildman–Crippen MR) is 110 cm³/mol. The van der Waals surface area contributed by atoms with Crippen LogP contribution in [0.5, 0.6) is 0 Å². The second kappa shape index (κ2) is 8.61. The molecule has 0 fully saturated rings. The van der Waals surface area contributed by atoms with E-state index in [1.54, 1.807) is 4.90 Å². The zero-order chi connectivity index (χ0) is 19.3. The Hall–Kier alpha value is -1.97. The van der Waals surface area contributed by atoms with Gasteiger partial charge in [-0.05, 0) is 70.1 Å². The zero-order valence-electron chi connectivity index (χ0n) is 17.1. The third kappa shape index (κ3) is 4.80. The van der Waals surface area contributed by atoms with Crippen LogP contribution in [0.3, 0.4) is 0 Å². The van der Waals surface area contributed by atoms with Gasteiger partial charge in [-0.15, -0.1) is 0 Å². The zero-order valence-corrected chi connectivity index (χ0v) is 17.1. The molecular weight excluding hydrogens is 324 g/mol. The summed E-state index contributed by atoms with van der Waals surface area (Å²) >= 11 is 0. The van der Waals surface area contributed by atoms with Crippen molar-refractivity contribution in [3.05, 3.63) is 34.9 Å². The van der Waals surface area contributed by atoms with Crippen LogP contribution in [-0.2, 0) is 24.0 Å². The number of carbonyl (C=O) groups is 1. The SMILES string of the molecule is C=Cc1c(CCN(CC)C(=O)OC(C)(C)C)c(CC)cc2c1NCCC2. The summed E-state index contributed by atoms with van der Waals surface area (Å²) in [6, 6.07) is 2.34. The van der Waals surface area contributed by atoms with Gasteiger partial charge in [0.15, 0.2) is 0 Å². The van der Waals surface area contributed by atoms with Crippen LogP contribution in [0, 0.1) is 0 Å². The van der Waals surface area contributed by atoms with E-state index >= 15 is 0 Å². The van der Waals surface area contributed by atoms with E-state index in [0.29, 0.717) is 13.1 Å². The van der Waals surface area contributed by atoms with Gasteiger partial charge in [-0.1, -0.05) is 25.6 Å². The quantitative estimate of drug-likeness (QED) is 0.774. The average Bonchev–Trinajstić information content (AvgIpc) is 2.59. The Kier molecular flexibility index (Phi) is 6.74. The fourth-order valence-electron chi connectivity index (χ4n) is 3.55. The molecule has 4 nitrogen and oxygen atoms in total. The average molecular weight is 359 g/mol. The number of likely N-dealkylation sites (N-methyl/N-ethyl adjacent to an activating group) is 1. The van der Waals surface area contributed by atoms with Crippen LogP contribution in [0.15, 0.2) is 12.6 Å². The lowest BCUT2D eigenvalue weighted by Gasteiger charge is -2.28. The molecule has 0 unspecified atom stereocenters. The van der Waals surface area contributed by atoms with Gasteiger partial charge >= 0.3 is 6.09 Å². The van der Waals surface area contributed by atoms with E-state index in [1.807, 2.05) is 33.8 Å². The molecule has 1 aliphatic rings. The molecule has 0 atom stereocenters. The number of hydrogen-bond donors (Lipinski definition) is 1. The number of carbonyl (C=O) groups excluding carboxylic acids is 1. The Morgan fingerprint density at radius 1 is 1.38 bits per heavy atom. The van der Waals surface area contributed by atoms with Crippen molar-refractivity contribution >= 4 is 17.9 Å². The summed E-state index contributed by atoms with van der Waals surface area (Å²) in [7, 11) is 0. The van der Waals surface area contributed by atoms with E-state index < -0.39 is 5.60 Å². The minimum Gasteiger partial charge on any atom is -0.444 e. The van der Waals surface area contributed by atoms with Crippen molar-refractivity contribution in [1.82, 2.24) is 4.90 Å². The van der Waals surface area contributed by atoms with E-state index in [4.69, 9.17) is 4.74 Å². The molecule has 1 N–H and O–H groups in total. The second-order valence-electron chi connectivity index (χ2n) is 7.86. The van der Waals surface area contributed by atoms with Crippen molar-refractivity contribution in [2.45, 2.75) is 65.9 Å². The summed E-state index contributed by atoms with van der Waals surface area (Å²) in [4.78, 5) is 14.2. The lowest BCUT2D eigenvalue weighted by atomic mass is 9.88. The van der Waals surface area contributed by atoms with Gasteiger partial charge in [0, 0.05) is 30.9 Å². The maximum absolute atomic E-state index is 12.4. The molecular formula is C22H34N2O2. The smallest absolute Gasteiger partial charge is 0.410 e. The van der Waals surface area contributed by atoms with E-state index in [0.717, 1.165) is 25.8 Å². The van der Waals surface area contributed by atoms with Crippen molar-refractivity contribution in [3.8, 4) is 0 Å². The first-order valence-electron chi connectivity index (χ1n) is 9.82. The van der Waals surface area contributed by atoms with Crippen LogP contribution >= 0.6 is 0 Å². The van der Waals surface area contributed by atoms with Gasteiger partial charge in [0.05, 0.1) is 0 Å². The third-order valence-electron chi connectivity index (χ3n) is 4.83. The summed E-state index contributed by atoms with van der Waals surface area (Å²) in [5, 5.41) is 3.55. The first-order valence-corrected chi connectivity index (χ1v) is 9.82. The van der Waals surface area contributed by atoms with Gasteiger partial charge < -0.3 is 15.0 Å². The van der Waals surface area contributed by atoms with Crippen molar-refractivity contribution in [3.63, 3.8) is 0 Å². The summed E-state index contributed by atoms with van der Waals surface area (Å²) in [6.45, 7) is 16.3. The molecule has 2 rings (SSSR count). The number of aryl methyl sites for hydroxylation is 2. The minimum atomic E-state index is -0.471. The van der Waals surface area contributed by atoms with E-state index in [1.165, 1.54) is 34.4 Å².